The molecule has 5 heteroatoms. The third kappa shape index (κ3) is 5.09. The number of aliphatic imine (C=N–C) groups is 1. The summed E-state index contributed by atoms with van der Waals surface area (Å²) in [5.74, 6) is 0.675. The highest BCUT2D eigenvalue weighted by molar-refractivity contribution is 5.78. The first-order valence-corrected chi connectivity index (χ1v) is 7.60. The number of hydrogen-bond acceptors (Lipinski definition) is 2. The number of guanidine groups is 1. The molecule has 2 aliphatic rings. The first kappa shape index (κ1) is 14.2. The van der Waals surface area contributed by atoms with Crippen LogP contribution >= 0.6 is 0 Å². The number of rotatable bonds is 3. The van der Waals surface area contributed by atoms with Crippen LogP contribution < -0.4 is 16.4 Å². The van der Waals surface area contributed by atoms with Gasteiger partial charge in [0.2, 0.25) is 5.91 Å². The van der Waals surface area contributed by atoms with Crippen molar-refractivity contribution in [2.24, 2.45) is 10.7 Å². The first-order chi connectivity index (χ1) is 9.24. The summed E-state index contributed by atoms with van der Waals surface area (Å²) < 4.78 is 0. The van der Waals surface area contributed by atoms with Gasteiger partial charge in [-0.2, -0.15) is 0 Å². The van der Waals surface area contributed by atoms with Crippen LogP contribution in [0.2, 0.25) is 0 Å². The second-order valence-corrected chi connectivity index (χ2v) is 5.72. The summed E-state index contributed by atoms with van der Waals surface area (Å²) in [4.78, 5) is 15.6. The summed E-state index contributed by atoms with van der Waals surface area (Å²) in [6, 6.07) is 0.642. The molecule has 1 amide bonds. The molecule has 19 heavy (non-hydrogen) atoms. The maximum absolute atomic E-state index is 11.3. The molecule has 5 nitrogen and oxygen atoms in total. The first-order valence-electron chi connectivity index (χ1n) is 7.60. The average Bonchev–Trinajstić information content (AvgIpc) is 2.65. The molecule has 0 aromatic heterocycles. The number of nitrogens with one attached hydrogen (secondary N) is 2. The normalized spacial score (nSPS) is 26.6. The van der Waals surface area contributed by atoms with E-state index in [1.54, 1.807) is 0 Å². The van der Waals surface area contributed by atoms with E-state index in [-0.39, 0.29) is 11.9 Å². The van der Waals surface area contributed by atoms with Crippen molar-refractivity contribution in [1.29, 1.82) is 0 Å². The van der Waals surface area contributed by atoms with Crippen LogP contribution in [0.4, 0.5) is 0 Å². The Kier molecular flexibility index (Phi) is 5.48. The molecule has 108 valence electrons. The molecule has 1 heterocycles. The van der Waals surface area contributed by atoms with E-state index in [2.05, 4.69) is 15.6 Å². The van der Waals surface area contributed by atoms with Gasteiger partial charge in [0.25, 0.3) is 0 Å². The molecule has 0 radical (unpaired) electrons. The van der Waals surface area contributed by atoms with Crippen molar-refractivity contribution in [2.75, 3.05) is 6.54 Å². The number of piperidine rings is 1. The van der Waals surface area contributed by atoms with Gasteiger partial charge in [-0.05, 0) is 25.7 Å². The van der Waals surface area contributed by atoms with Crippen LogP contribution in [0.3, 0.4) is 0 Å². The largest absolute Gasteiger partial charge is 0.370 e. The van der Waals surface area contributed by atoms with Gasteiger partial charge in [-0.3, -0.25) is 9.79 Å². The molecule has 1 aliphatic carbocycles. The zero-order chi connectivity index (χ0) is 13.5. The van der Waals surface area contributed by atoms with Crippen molar-refractivity contribution >= 4 is 11.9 Å². The number of nitrogens with zero attached hydrogens (tertiary/aromatic N) is 1. The molecule has 0 aromatic rings. The Morgan fingerprint density at radius 2 is 1.95 bits per heavy atom. The van der Waals surface area contributed by atoms with Crippen LogP contribution in [0.25, 0.3) is 0 Å². The summed E-state index contributed by atoms with van der Waals surface area (Å²) >= 11 is 0. The zero-order valence-corrected chi connectivity index (χ0v) is 11.7. The van der Waals surface area contributed by atoms with E-state index in [4.69, 9.17) is 5.73 Å². The van der Waals surface area contributed by atoms with Crippen LogP contribution in [0, 0.1) is 0 Å². The van der Waals surface area contributed by atoms with Crippen molar-refractivity contribution in [2.45, 2.75) is 69.9 Å². The summed E-state index contributed by atoms with van der Waals surface area (Å²) in [7, 11) is 0. The molecular weight excluding hydrogens is 240 g/mol. The second kappa shape index (κ2) is 7.36. The Hall–Kier alpha value is -1.26. The summed E-state index contributed by atoms with van der Waals surface area (Å²) in [6.45, 7) is 0.595. The van der Waals surface area contributed by atoms with Crippen LogP contribution in [0.5, 0.6) is 0 Å². The number of nitrogens with two attached hydrogens (primary N) is 1. The lowest BCUT2D eigenvalue weighted by Gasteiger charge is -2.22. The van der Waals surface area contributed by atoms with Gasteiger partial charge in [0.05, 0.1) is 6.54 Å². The van der Waals surface area contributed by atoms with E-state index in [1.807, 2.05) is 0 Å². The molecule has 4 N–H and O–H groups in total. The molecule has 0 spiro atoms. The van der Waals surface area contributed by atoms with E-state index >= 15 is 0 Å². The smallest absolute Gasteiger partial charge is 0.220 e. The van der Waals surface area contributed by atoms with Crippen LogP contribution in [-0.4, -0.2) is 30.5 Å². The topological polar surface area (TPSA) is 79.5 Å². The predicted octanol–water partition coefficient (Wildman–Crippen LogP) is 1.28. The number of hydrogen-bond donors (Lipinski definition) is 3. The van der Waals surface area contributed by atoms with Crippen molar-refractivity contribution < 1.29 is 4.79 Å². The Bertz CT molecular complexity index is 321. The molecule has 1 atom stereocenters. The fraction of sp³-hybridized carbons (Fsp3) is 0.857. The van der Waals surface area contributed by atoms with E-state index in [9.17, 15) is 4.79 Å². The highest BCUT2D eigenvalue weighted by atomic mass is 16.1. The minimum atomic E-state index is 0.141. The number of carbonyl (C=O) groups excluding carboxylic acids is 1. The van der Waals surface area contributed by atoms with Gasteiger partial charge in [-0.15, -0.1) is 0 Å². The molecule has 1 aliphatic heterocycles. The standard InChI is InChI=1S/C14H26N4O/c15-14(18-11-6-3-1-2-4-7-11)16-10-12-8-5-9-13(19)17-12/h11-12H,1-10H2,(H,17,19)(H3,15,16,18). The van der Waals surface area contributed by atoms with Crippen molar-refractivity contribution in [3.63, 3.8) is 0 Å². The van der Waals surface area contributed by atoms with Crippen LogP contribution in [-0.2, 0) is 4.79 Å². The lowest BCUT2D eigenvalue weighted by molar-refractivity contribution is -0.123. The summed E-state index contributed by atoms with van der Waals surface area (Å²) in [5, 5.41) is 6.28. The molecule has 0 bridgehead atoms. The van der Waals surface area contributed by atoms with E-state index < -0.39 is 0 Å². The Balaban J connectivity index is 1.73. The van der Waals surface area contributed by atoms with Gasteiger partial charge in [0, 0.05) is 18.5 Å². The maximum atomic E-state index is 11.3. The van der Waals surface area contributed by atoms with Crippen molar-refractivity contribution in [1.82, 2.24) is 10.6 Å². The predicted molar refractivity (Wildman–Crippen MR) is 76.9 cm³/mol. The Morgan fingerprint density at radius 1 is 1.21 bits per heavy atom. The molecule has 2 rings (SSSR count). The monoisotopic (exact) mass is 266 g/mol. The van der Waals surface area contributed by atoms with E-state index in [0.29, 0.717) is 25.0 Å². The highest BCUT2D eigenvalue weighted by Gasteiger charge is 2.18. The molecule has 1 unspecified atom stereocenters. The average molecular weight is 266 g/mol. The van der Waals surface area contributed by atoms with Gasteiger partial charge in [0.15, 0.2) is 5.96 Å². The van der Waals surface area contributed by atoms with Crippen LogP contribution in [0.1, 0.15) is 57.8 Å². The van der Waals surface area contributed by atoms with E-state index in [0.717, 1.165) is 12.8 Å². The van der Waals surface area contributed by atoms with Gasteiger partial charge in [0.1, 0.15) is 0 Å². The summed E-state index contributed by atoms with van der Waals surface area (Å²) in [6.07, 6.45) is 10.2. The van der Waals surface area contributed by atoms with Gasteiger partial charge in [-0.1, -0.05) is 25.7 Å². The molecule has 1 saturated heterocycles. The zero-order valence-electron chi connectivity index (χ0n) is 11.7. The minimum Gasteiger partial charge on any atom is -0.370 e. The highest BCUT2D eigenvalue weighted by Crippen LogP contribution is 2.17. The summed E-state index contributed by atoms with van der Waals surface area (Å²) in [5.41, 5.74) is 5.93. The number of amides is 1. The molecule has 0 aromatic carbocycles. The van der Waals surface area contributed by atoms with Gasteiger partial charge < -0.3 is 16.4 Å². The van der Waals surface area contributed by atoms with Crippen molar-refractivity contribution in [3.8, 4) is 0 Å². The lowest BCUT2D eigenvalue weighted by atomic mass is 10.0. The Labute approximate surface area is 115 Å². The number of carbonyl (C=O) groups is 1. The maximum Gasteiger partial charge on any atom is 0.220 e. The van der Waals surface area contributed by atoms with E-state index in [1.165, 1.54) is 38.5 Å². The van der Waals surface area contributed by atoms with Gasteiger partial charge in [-0.25, -0.2) is 0 Å². The van der Waals surface area contributed by atoms with Gasteiger partial charge >= 0.3 is 0 Å². The lowest BCUT2D eigenvalue weighted by Crippen LogP contribution is -2.43. The SMILES string of the molecule is NC(=NCC1CCCC(=O)N1)NC1CCCCCC1. The fourth-order valence-electron chi connectivity index (χ4n) is 2.90. The molecule has 2 fully saturated rings. The molecular formula is C14H26N4O. The molecule has 1 saturated carbocycles. The second-order valence-electron chi connectivity index (χ2n) is 5.72. The minimum absolute atomic E-state index is 0.141. The third-order valence-corrected chi connectivity index (χ3v) is 4.01. The fourth-order valence-corrected chi connectivity index (χ4v) is 2.90. The van der Waals surface area contributed by atoms with Crippen LogP contribution in [0.15, 0.2) is 4.99 Å². The Morgan fingerprint density at radius 3 is 2.63 bits per heavy atom. The van der Waals surface area contributed by atoms with Crippen molar-refractivity contribution in [3.05, 3.63) is 0 Å². The quantitative estimate of drug-likeness (QED) is 0.409. The third-order valence-electron chi connectivity index (χ3n) is 4.01.